The van der Waals surface area contributed by atoms with Gasteiger partial charge in [0.05, 0.1) is 5.69 Å². The van der Waals surface area contributed by atoms with E-state index in [-0.39, 0.29) is 5.41 Å². The largest absolute Gasteiger partial charge is 0.454 e. The first-order chi connectivity index (χ1) is 15.5. The van der Waals surface area contributed by atoms with Crippen LogP contribution in [0.2, 0.25) is 0 Å². The molecule has 0 radical (unpaired) electrons. The Labute approximate surface area is 190 Å². The van der Waals surface area contributed by atoms with E-state index in [9.17, 15) is 0 Å². The summed E-state index contributed by atoms with van der Waals surface area (Å²) < 4.78 is 7.44. The van der Waals surface area contributed by atoms with E-state index in [1.54, 1.807) is 11.3 Å². The SMILES string of the molecule is CC(C)(C)c1cc(-c2nccc3oc(-c4cc5sccc5cn4)cc23)cc2ccccc12. The Morgan fingerprint density at radius 2 is 1.72 bits per heavy atom. The van der Waals surface area contributed by atoms with Gasteiger partial charge in [0.2, 0.25) is 0 Å². The first kappa shape index (κ1) is 19.2. The van der Waals surface area contributed by atoms with E-state index in [1.165, 1.54) is 21.0 Å². The number of hydrogen-bond donors (Lipinski definition) is 0. The topological polar surface area (TPSA) is 38.9 Å². The molecule has 0 saturated carbocycles. The van der Waals surface area contributed by atoms with Crippen molar-refractivity contribution in [3.05, 3.63) is 84.0 Å². The standard InChI is InChI=1S/C28H22N2OS/c1-28(2,3)22-13-19(12-17-6-4-5-7-20(17)22)27-21-14-25(31-24(21)8-10-29-27)23-15-26-18(16-30-23)9-11-32-26/h4-16H,1-3H3. The second-order valence-electron chi connectivity index (χ2n) is 9.20. The normalized spacial score (nSPS) is 12.2. The molecule has 0 aliphatic carbocycles. The van der Waals surface area contributed by atoms with Gasteiger partial charge >= 0.3 is 0 Å². The van der Waals surface area contributed by atoms with E-state index in [2.05, 4.69) is 85.7 Å². The summed E-state index contributed by atoms with van der Waals surface area (Å²) in [6.45, 7) is 6.78. The van der Waals surface area contributed by atoms with Crippen molar-refractivity contribution in [3.8, 4) is 22.7 Å². The average molecular weight is 435 g/mol. The highest BCUT2D eigenvalue weighted by atomic mass is 32.1. The quantitative estimate of drug-likeness (QED) is 0.275. The third kappa shape index (κ3) is 3.10. The lowest BCUT2D eigenvalue weighted by molar-refractivity contribution is 0.596. The van der Waals surface area contributed by atoms with Crippen LogP contribution in [0.5, 0.6) is 0 Å². The number of hydrogen-bond acceptors (Lipinski definition) is 4. The number of benzene rings is 2. The molecule has 6 rings (SSSR count). The highest BCUT2D eigenvalue weighted by Crippen LogP contribution is 2.38. The molecule has 6 aromatic rings. The van der Waals surface area contributed by atoms with Crippen LogP contribution >= 0.6 is 11.3 Å². The molecule has 4 aromatic heterocycles. The molecule has 156 valence electrons. The van der Waals surface area contributed by atoms with Crippen molar-refractivity contribution in [2.75, 3.05) is 0 Å². The van der Waals surface area contributed by atoms with E-state index in [4.69, 9.17) is 9.40 Å². The summed E-state index contributed by atoms with van der Waals surface area (Å²) in [6, 6.07) is 21.3. The fourth-order valence-corrected chi connectivity index (χ4v) is 5.17. The zero-order chi connectivity index (χ0) is 21.9. The summed E-state index contributed by atoms with van der Waals surface area (Å²) in [5.41, 5.74) is 5.04. The van der Waals surface area contributed by atoms with E-state index in [0.29, 0.717) is 0 Å². The van der Waals surface area contributed by atoms with Gasteiger partial charge in [-0.1, -0.05) is 45.0 Å². The Hall–Kier alpha value is -3.50. The van der Waals surface area contributed by atoms with Gasteiger partial charge in [-0.15, -0.1) is 11.3 Å². The van der Waals surface area contributed by atoms with Crippen LogP contribution < -0.4 is 0 Å². The van der Waals surface area contributed by atoms with Gasteiger partial charge in [-0.05, 0) is 63.5 Å². The van der Waals surface area contributed by atoms with Crippen LogP contribution in [0.15, 0.2) is 82.9 Å². The van der Waals surface area contributed by atoms with Crippen molar-refractivity contribution < 1.29 is 4.42 Å². The number of rotatable bonds is 2. The lowest BCUT2D eigenvalue weighted by Crippen LogP contribution is -2.12. The first-order valence-corrected chi connectivity index (χ1v) is 11.6. The maximum absolute atomic E-state index is 6.23. The van der Waals surface area contributed by atoms with Gasteiger partial charge in [-0.25, -0.2) is 0 Å². The fourth-order valence-electron chi connectivity index (χ4n) is 4.38. The second-order valence-corrected chi connectivity index (χ2v) is 10.2. The molecule has 0 N–H and O–H groups in total. The average Bonchev–Trinajstić information content (AvgIpc) is 3.43. The molecule has 0 saturated heterocycles. The highest BCUT2D eigenvalue weighted by Gasteiger charge is 2.20. The highest BCUT2D eigenvalue weighted by molar-refractivity contribution is 7.17. The number of thiophene rings is 1. The lowest BCUT2D eigenvalue weighted by Gasteiger charge is -2.22. The molecule has 32 heavy (non-hydrogen) atoms. The molecule has 0 atom stereocenters. The van der Waals surface area contributed by atoms with Crippen LogP contribution in [0.1, 0.15) is 26.3 Å². The van der Waals surface area contributed by atoms with Gasteiger partial charge in [0, 0.05) is 33.4 Å². The summed E-state index contributed by atoms with van der Waals surface area (Å²) in [5.74, 6) is 0.765. The smallest absolute Gasteiger partial charge is 0.153 e. The minimum atomic E-state index is 0.0190. The molecule has 3 nitrogen and oxygen atoms in total. The zero-order valence-electron chi connectivity index (χ0n) is 18.2. The molecule has 0 spiro atoms. The Morgan fingerprint density at radius 3 is 2.59 bits per heavy atom. The second kappa shape index (κ2) is 7.01. The van der Waals surface area contributed by atoms with Gasteiger partial charge in [0.15, 0.2) is 5.76 Å². The molecule has 0 aliphatic rings. The number of nitrogens with zero attached hydrogens (tertiary/aromatic N) is 2. The lowest BCUT2D eigenvalue weighted by atomic mass is 9.82. The van der Waals surface area contributed by atoms with Gasteiger partial charge < -0.3 is 4.42 Å². The molecule has 4 heteroatoms. The molecule has 0 unspecified atom stereocenters. The van der Waals surface area contributed by atoms with Crippen molar-refractivity contribution in [3.63, 3.8) is 0 Å². The molecule has 4 heterocycles. The fraction of sp³-hybridized carbons (Fsp3) is 0.143. The van der Waals surface area contributed by atoms with Crippen LogP contribution in [0.4, 0.5) is 0 Å². The summed E-state index contributed by atoms with van der Waals surface area (Å²) in [7, 11) is 0. The van der Waals surface area contributed by atoms with Crippen LogP contribution in [0, 0.1) is 0 Å². The van der Waals surface area contributed by atoms with Crippen LogP contribution in [0.25, 0.3) is 54.5 Å². The van der Waals surface area contributed by atoms with Crippen LogP contribution in [-0.4, -0.2) is 9.97 Å². The first-order valence-electron chi connectivity index (χ1n) is 10.7. The summed E-state index contributed by atoms with van der Waals surface area (Å²) in [4.78, 5) is 9.40. The number of furan rings is 1. The molecule has 0 fully saturated rings. The van der Waals surface area contributed by atoms with Crippen molar-refractivity contribution >= 4 is 43.2 Å². The zero-order valence-corrected chi connectivity index (χ0v) is 19.0. The molecule has 0 amide bonds. The summed E-state index contributed by atoms with van der Waals surface area (Å²) in [6.07, 6.45) is 3.74. The van der Waals surface area contributed by atoms with Crippen molar-refractivity contribution in [1.82, 2.24) is 9.97 Å². The molecular weight excluding hydrogens is 412 g/mol. The third-order valence-electron chi connectivity index (χ3n) is 5.98. The van der Waals surface area contributed by atoms with Gasteiger partial charge in [-0.3, -0.25) is 9.97 Å². The Morgan fingerprint density at radius 1 is 0.844 bits per heavy atom. The van der Waals surface area contributed by atoms with Crippen molar-refractivity contribution in [2.45, 2.75) is 26.2 Å². The minimum absolute atomic E-state index is 0.0190. The monoisotopic (exact) mass is 434 g/mol. The molecular formula is C28H22N2OS. The van der Waals surface area contributed by atoms with Gasteiger partial charge in [0.1, 0.15) is 11.3 Å². The third-order valence-corrected chi connectivity index (χ3v) is 6.86. The molecule has 0 bridgehead atoms. The van der Waals surface area contributed by atoms with E-state index >= 15 is 0 Å². The van der Waals surface area contributed by atoms with Gasteiger partial charge in [0.25, 0.3) is 0 Å². The number of fused-ring (bicyclic) bond motifs is 3. The molecule has 0 aliphatic heterocycles. The van der Waals surface area contributed by atoms with E-state index < -0.39 is 0 Å². The van der Waals surface area contributed by atoms with Gasteiger partial charge in [-0.2, -0.15) is 0 Å². The Bertz CT molecular complexity index is 1620. The van der Waals surface area contributed by atoms with E-state index in [0.717, 1.165) is 39.1 Å². The summed E-state index contributed by atoms with van der Waals surface area (Å²) in [5, 5.41) is 6.76. The predicted octanol–water partition coefficient (Wildman–Crippen LogP) is 8.22. The molecule has 2 aromatic carbocycles. The Kier molecular flexibility index (Phi) is 4.21. The maximum atomic E-state index is 6.23. The van der Waals surface area contributed by atoms with Crippen LogP contribution in [-0.2, 0) is 5.41 Å². The van der Waals surface area contributed by atoms with Crippen molar-refractivity contribution in [1.29, 1.82) is 0 Å². The predicted molar refractivity (Wildman–Crippen MR) is 134 cm³/mol. The maximum Gasteiger partial charge on any atom is 0.153 e. The summed E-state index contributed by atoms with van der Waals surface area (Å²) >= 11 is 1.71. The Balaban J connectivity index is 1.56. The number of aromatic nitrogens is 2. The van der Waals surface area contributed by atoms with Crippen molar-refractivity contribution in [2.24, 2.45) is 0 Å². The van der Waals surface area contributed by atoms with Crippen LogP contribution in [0.3, 0.4) is 0 Å². The number of pyridine rings is 2. The van der Waals surface area contributed by atoms with E-state index in [1.807, 2.05) is 18.5 Å². The minimum Gasteiger partial charge on any atom is -0.454 e.